The third-order valence-electron chi connectivity index (χ3n) is 3.15. The van der Waals surface area contributed by atoms with E-state index in [9.17, 15) is 4.79 Å². The van der Waals surface area contributed by atoms with Crippen LogP contribution in [0.3, 0.4) is 0 Å². The van der Waals surface area contributed by atoms with Crippen LogP contribution in [0.1, 0.15) is 19.4 Å². The number of carbonyl (C=O) groups is 1. The number of hydrazone groups is 1. The molecule has 0 bridgehead atoms. The Balaban J connectivity index is 1.88. The highest BCUT2D eigenvalue weighted by Crippen LogP contribution is 2.14. The fourth-order valence-electron chi connectivity index (χ4n) is 1.94. The van der Waals surface area contributed by atoms with Crippen LogP contribution in [0.5, 0.6) is 0 Å². The first-order chi connectivity index (χ1) is 11.1. The van der Waals surface area contributed by atoms with Gasteiger partial charge >= 0.3 is 6.03 Å². The van der Waals surface area contributed by atoms with Gasteiger partial charge in [0, 0.05) is 18.8 Å². The predicted octanol–water partition coefficient (Wildman–Crippen LogP) is 1.65. The molecule has 23 heavy (non-hydrogen) atoms. The summed E-state index contributed by atoms with van der Waals surface area (Å²) in [5, 5.41) is 13.0. The van der Waals surface area contributed by atoms with E-state index in [-0.39, 0.29) is 11.6 Å². The SMILES string of the molecule is CCN(CC)c1ccc(/C=N\NC(=O)Nc2nonc2N)cc1. The molecule has 0 atom stereocenters. The lowest BCUT2D eigenvalue weighted by Crippen LogP contribution is -2.24. The lowest BCUT2D eigenvalue weighted by molar-refractivity contribution is 0.252. The largest absolute Gasteiger partial charge is 0.378 e. The van der Waals surface area contributed by atoms with E-state index in [0.717, 1.165) is 24.3 Å². The number of aromatic nitrogens is 2. The second-order valence-electron chi connectivity index (χ2n) is 4.59. The molecule has 9 nitrogen and oxygen atoms in total. The summed E-state index contributed by atoms with van der Waals surface area (Å²) in [5.74, 6) is 0.0393. The summed E-state index contributed by atoms with van der Waals surface area (Å²) < 4.78 is 4.36. The first kappa shape index (κ1) is 16.3. The number of nitrogens with two attached hydrogens (primary N) is 1. The minimum absolute atomic E-state index is 0.00359. The normalized spacial score (nSPS) is 10.7. The van der Waals surface area contributed by atoms with Crippen molar-refractivity contribution >= 4 is 29.6 Å². The summed E-state index contributed by atoms with van der Waals surface area (Å²) in [6.45, 7) is 6.12. The Morgan fingerprint density at radius 3 is 2.57 bits per heavy atom. The lowest BCUT2D eigenvalue weighted by atomic mass is 10.2. The van der Waals surface area contributed by atoms with Gasteiger partial charge in [-0.1, -0.05) is 12.1 Å². The van der Waals surface area contributed by atoms with E-state index in [4.69, 9.17) is 5.73 Å². The van der Waals surface area contributed by atoms with Crippen molar-refractivity contribution < 1.29 is 9.42 Å². The first-order valence-corrected chi connectivity index (χ1v) is 7.17. The fraction of sp³-hybridized carbons (Fsp3) is 0.286. The molecule has 0 fully saturated rings. The first-order valence-electron chi connectivity index (χ1n) is 7.17. The minimum atomic E-state index is -0.594. The van der Waals surface area contributed by atoms with Gasteiger partial charge in [-0.25, -0.2) is 14.8 Å². The second kappa shape index (κ2) is 7.78. The number of rotatable bonds is 6. The summed E-state index contributed by atoms with van der Waals surface area (Å²) in [6, 6.07) is 7.28. The molecule has 0 aliphatic carbocycles. The molecular formula is C14H19N7O2. The number of amides is 2. The van der Waals surface area contributed by atoms with Crippen LogP contribution >= 0.6 is 0 Å². The molecule has 0 saturated heterocycles. The van der Waals surface area contributed by atoms with Crippen molar-refractivity contribution in [2.24, 2.45) is 5.10 Å². The highest BCUT2D eigenvalue weighted by molar-refractivity contribution is 5.91. The zero-order chi connectivity index (χ0) is 16.7. The van der Waals surface area contributed by atoms with Crippen molar-refractivity contribution in [1.82, 2.24) is 15.7 Å². The van der Waals surface area contributed by atoms with E-state index in [1.807, 2.05) is 24.3 Å². The van der Waals surface area contributed by atoms with Crippen LogP contribution in [0.2, 0.25) is 0 Å². The second-order valence-corrected chi connectivity index (χ2v) is 4.59. The van der Waals surface area contributed by atoms with E-state index in [0.29, 0.717) is 0 Å². The van der Waals surface area contributed by atoms with Gasteiger partial charge < -0.3 is 10.6 Å². The van der Waals surface area contributed by atoms with Crippen molar-refractivity contribution in [3.8, 4) is 0 Å². The maximum atomic E-state index is 11.6. The smallest absolute Gasteiger partial charge is 0.340 e. The summed E-state index contributed by atoms with van der Waals surface area (Å²) in [5.41, 5.74) is 9.73. The van der Waals surface area contributed by atoms with Gasteiger partial charge in [-0.2, -0.15) is 5.10 Å². The average molecular weight is 317 g/mol. The zero-order valence-corrected chi connectivity index (χ0v) is 13.0. The number of urea groups is 1. The Morgan fingerprint density at radius 2 is 2.00 bits per heavy atom. The molecule has 122 valence electrons. The van der Waals surface area contributed by atoms with E-state index in [2.05, 4.69) is 49.5 Å². The number of hydrogen-bond acceptors (Lipinski definition) is 7. The molecule has 0 saturated carbocycles. The van der Waals surface area contributed by atoms with E-state index in [1.165, 1.54) is 6.21 Å². The van der Waals surface area contributed by atoms with Gasteiger partial charge in [-0.3, -0.25) is 5.32 Å². The molecule has 2 rings (SSSR count). The Labute approximate surface area is 133 Å². The van der Waals surface area contributed by atoms with Crippen molar-refractivity contribution in [3.05, 3.63) is 29.8 Å². The topological polar surface area (TPSA) is 122 Å². The average Bonchev–Trinajstić information content (AvgIpc) is 2.95. The molecule has 0 aliphatic heterocycles. The number of anilines is 3. The molecule has 1 heterocycles. The highest BCUT2D eigenvalue weighted by Gasteiger charge is 2.08. The number of benzene rings is 1. The van der Waals surface area contributed by atoms with Crippen molar-refractivity contribution in [3.63, 3.8) is 0 Å². The molecule has 2 aromatic rings. The summed E-state index contributed by atoms with van der Waals surface area (Å²) in [4.78, 5) is 13.8. The van der Waals surface area contributed by atoms with E-state index >= 15 is 0 Å². The molecule has 1 aromatic heterocycles. The van der Waals surface area contributed by atoms with Crippen molar-refractivity contribution in [1.29, 1.82) is 0 Å². The molecular weight excluding hydrogens is 298 g/mol. The van der Waals surface area contributed by atoms with Gasteiger partial charge in [0.2, 0.25) is 11.6 Å². The number of hydrogen-bond donors (Lipinski definition) is 3. The van der Waals surface area contributed by atoms with Gasteiger partial charge in [0.15, 0.2) is 0 Å². The van der Waals surface area contributed by atoms with Crippen molar-refractivity contribution in [2.75, 3.05) is 29.0 Å². The quantitative estimate of drug-likeness (QED) is 0.550. The Bertz CT molecular complexity index is 662. The van der Waals surface area contributed by atoms with Gasteiger partial charge in [0.1, 0.15) is 0 Å². The van der Waals surface area contributed by atoms with Gasteiger partial charge in [-0.15, -0.1) is 0 Å². The van der Waals surface area contributed by atoms with Crippen LogP contribution in [-0.4, -0.2) is 35.6 Å². The van der Waals surface area contributed by atoms with E-state index in [1.54, 1.807) is 0 Å². The lowest BCUT2D eigenvalue weighted by Gasteiger charge is -2.20. The molecule has 4 N–H and O–H groups in total. The Kier molecular flexibility index (Phi) is 5.50. The maximum Gasteiger partial charge on any atom is 0.340 e. The van der Waals surface area contributed by atoms with Crippen LogP contribution in [0, 0.1) is 0 Å². The van der Waals surface area contributed by atoms with Gasteiger partial charge in [0.25, 0.3) is 0 Å². The Morgan fingerprint density at radius 1 is 1.30 bits per heavy atom. The monoisotopic (exact) mass is 317 g/mol. The summed E-state index contributed by atoms with van der Waals surface area (Å²) in [6.07, 6.45) is 1.54. The predicted molar refractivity (Wildman–Crippen MR) is 88.5 cm³/mol. The molecule has 0 aliphatic rings. The zero-order valence-electron chi connectivity index (χ0n) is 13.0. The van der Waals surface area contributed by atoms with Crippen molar-refractivity contribution in [2.45, 2.75) is 13.8 Å². The fourth-order valence-corrected chi connectivity index (χ4v) is 1.94. The number of nitrogen functional groups attached to an aromatic ring is 1. The molecule has 0 spiro atoms. The summed E-state index contributed by atoms with van der Waals surface area (Å²) in [7, 11) is 0. The third kappa shape index (κ3) is 4.43. The summed E-state index contributed by atoms with van der Waals surface area (Å²) >= 11 is 0. The molecule has 0 radical (unpaired) electrons. The standard InChI is InChI=1S/C14H19N7O2/c1-3-21(4-2)11-7-5-10(6-8-11)9-16-18-14(22)17-13-12(15)19-23-20-13/h5-9H,3-4H2,1-2H3,(H2,15,19)(H2,17,18,20,22)/b16-9-. The highest BCUT2D eigenvalue weighted by atomic mass is 16.6. The van der Waals surface area contributed by atoms with Crippen LogP contribution < -0.4 is 21.4 Å². The molecule has 0 unspecified atom stereocenters. The molecule has 2 amide bonds. The molecule has 9 heteroatoms. The van der Waals surface area contributed by atoms with Crippen LogP contribution in [-0.2, 0) is 0 Å². The third-order valence-corrected chi connectivity index (χ3v) is 3.15. The van der Waals surface area contributed by atoms with Gasteiger partial charge in [-0.05, 0) is 41.9 Å². The maximum absolute atomic E-state index is 11.6. The van der Waals surface area contributed by atoms with Gasteiger partial charge in [0.05, 0.1) is 6.21 Å². The van der Waals surface area contributed by atoms with E-state index < -0.39 is 6.03 Å². The van der Waals surface area contributed by atoms with Crippen LogP contribution in [0.25, 0.3) is 0 Å². The molecule has 1 aromatic carbocycles. The number of nitrogens with zero attached hydrogens (tertiary/aromatic N) is 4. The Hall–Kier alpha value is -3.10. The minimum Gasteiger partial charge on any atom is -0.378 e. The van der Waals surface area contributed by atoms with Crippen LogP contribution in [0.15, 0.2) is 34.0 Å². The van der Waals surface area contributed by atoms with Crippen LogP contribution in [0.4, 0.5) is 22.1 Å². The number of nitrogens with one attached hydrogen (secondary N) is 2. The number of carbonyl (C=O) groups excluding carboxylic acids is 1.